The Labute approximate surface area is 130 Å². The minimum absolute atomic E-state index is 0.139. The van der Waals surface area contributed by atoms with Crippen LogP contribution in [0.1, 0.15) is 15.9 Å². The van der Waals surface area contributed by atoms with E-state index in [4.69, 9.17) is 15.2 Å². The van der Waals surface area contributed by atoms with E-state index >= 15 is 0 Å². The van der Waals surface area contributed by atoms with Crippen LogP contribution in [0.2, 0.25) is 0 Å². The fourth-order valence-corrected chi connectivity index (χ4v) is 1.92. The molecule has 0 spiro atoms. The summed E-state index contributed by atoms with van der Waals surface area (Å²) in [6, 6.07) is 12.4. The first-order chi connectivity index (χ1) is 10.6. The quantitative estimate of drug-likeness (QED) is 0.634. The lowest BCUT2D eigenvalue weighted by Crippen LogP contribution is -2.28. The number of benzene rings is 2. The van der Waals surface area contributed by atoms with E-state index in [1.54, 1.807) is 37.4 Å². The normalized spacial score (nSPS) is 10.1. The molecule has 2 aromatic carbocycles. The number of amides is 1. The molecule has 116 valence electrons. The van der Waals surface area contributed by atoms with Gasteiger partial charge in [0.2, 0.25) is 0 Å². The van der Waals surface area contributed by atoms with Crippen LogP contribution < -0.4 is 20.5 Å². The summed E-state index contributed by atoms with van der Waals surface area (Å²) in [4.78, 5) is 11.9. The number of nitrogens with two attached hydrogens (primary N) is 1. The number of aryl methyl sites for hydroxylation is 1. The Kier molecular flexibility index (Phi) is 5.25. The van der Waals surface area contributed by atoms with Crippen molar-refractivity contribution in [3.05, 3.63) is 53.6 Å². The average Bonchev–Trinajstić information content (AvgIpc) is 2.54. The largest absolute Gasteiger partial charge is 0.497 e. The van der Waals surface area contributed by atoms with Gasteiger partial charge in [-0.3, -0.25) is 4.79 Å². The number of hydrogen-bond donors (Lipinski definition) is 2. The standard InChI is InChI=1S/C17H20N2O3/c1-12-11-15(7-8-16(12)18)22-10-9-19-17(20)13-3-5-14(21-2)6-4-13/h3-8,11H,9-10,18H2,1-2H3,(H,19,20). The molecule has 0 fully saturated rings. The average molecular weight is 300 g/mol. The van der Waals surface area contributed by atoms with E-state index in [0.29, 0.717) is 18.7 Å². The molecule has 0 radical (unpaired) electrons. The Balaban J connectivity index is 1.77. The van der Waals surface area contributed by atoms with E-state index in [2.05, 4.69) is 5.32 Å². The lowest BCUT2D eigenvalue weighted by Gasteiger charge is -2.09. The monoisotopic (exact) mass is 300 g/mol. The molecular weight excluding hydrogens is 280 g/mol. The van der Waals surface area contributed by atoms with Gasteiger partial charge in [-0.2, -0.15) is 0 Å². The van der Waals surface area contributed by atoms with Crippen molar-refractivity contribution in [1.82, 2.24) is 5.32 Å². The summed E-state index contributed by atoms with van der Waals surface area (Å²) in [6.45, 7) is 2.74. The van der Waals surface area contributed by atoms with Gasteiger partial charge in [0.15, 0.2) is 0 Å². The SMILES string of the molecule is COc1ccc(C(=O)NCCOc2ccc(N)c(C)c2)cc1. The van der Waals surface area contributed by atoms with E-state index in [0.717, 1.165) is 22.7 Å². The van der Waals surface area contributed by atoms with Gasteiger partial charge in [-0.1, -0.05) is 0 Å². The highest BCUT2D eigenvalue weighted by molar-refractivity contribution is 5.94. The molecule has 5 nitrogen and oxygen atoms in total. The van der Waals surface area contributed by atoms with Crippen LogP contribution in [0.15, 0.2) is 42.5 Å². The number of nitrogen functional groups attached to an aromatic ring is 1. The molecular formula is C17H20N2O3. The summed E-state index contributed by atoms with van der Waals surface area (Å²) < 4.78 is 10.6. The Morgan fingerprint density at radius 2 is 1.82 bits per heavy atom. The van der Waals surface area contributed by atoms with Crippen molar-refractivity contribution in [3.8, 4) is 11.5 Å². The van der Waals surface area contributed by atoms with Crippen LogP contribution in [0, 0.1) is 6.92 Å². The second-order valence-corrected chi connectivity index (χ2v) is 4.85. The van der Waals surface area contributed by atoms with Gasteiger partial charge in [0.25, 0.3) is 5.91 Å². The summed E-state index contributed by atoms with van der Waals surface area (Å²) in [5.74, 6) is 1.32. The predicted octanol–water partition coefficient (Wildman–Crippen LogP) is 2.39. The Morgan fingerprint density at radius 3 is 2.45 bits per heavy atom. The van der Waals surface area contributed by atoms with Gasteiger partial charge in [0, 0.05) is 11.3 Å². The molecule has 0 aromatic heterocycles. The zero-order valence-corrected chi connectivity index (χ0v) is 12.8. The number of nitrogens with one attached hydrogen (secondary N) is 1. The lowest BCUT2D eigenvalue weighted by molar-refractivity contribution is 0.0947. The Hall–Kier alpha value is -2.69. The van der Waals surface area contributed by atoms with E-state index in [1.807, 2.05) is 19.1 Å². The summed E-state index contributed by atoms with van der Waals surface area (Å²) in [7, 11) is 1.59. The Bertz CT molecular complexity index is 639. The van der Waals surface area contributed by atoms with Crippen LogP contribution in [0.5, 0.6) is 11.5 Å². The van der Waals surface area contributed by atoms with Gasteiger partial charge in [-0.15, -0.1) is 0 Å². The van der Waals surface area contributed by atoms with Gasteiger partial charge in [-0.25, -0.2) is 0 Å². The van der Waals surface area contributed by atoms with Gasteiger partial charge < -0.3 is 20.5 Å². The fourth-order valence-electron chi connectivity index (χ4n) is 1.92. The van der Waals surface area contributed by atoms with E-state index in [-0.39, 0.29) is 5.91 Å². The maximum Gasteiger partial charge on any atom is 0.251 e. The summed E-state index contributed by atoms with van der Waals surface area (Å²) in [5, 5.41) is 2.80. The first kappa shape index (κ1) is 15.7. The number of carbonyl (C=O) groups excluding carboxylic acids is 1. The fraction of sp³-hybridized carbons (Fsp3) is 0.235. The van der Waals surface area contributed by atoms with Crippen LogP contribution in [-0.4, -0.2) is 26.2 Å². The van der Waals surface area contributed by atoms with E-state index in [1.165, 1.54) is 0 Å². The highest BCUT2D eigenvalue weighted by Gasteiger charge is 2.05. The molecule has 5 heteroatoms. The predicted molar refractivity (Wildman–Crippen MR) is 86.4 cm³/mol. The van der Waals surface area contributed by atoms with Crippen molar-refractivity contribution in [1.29, 1.82) is 0 Å². The highest BCUT2D eigenvalue weighted by Crippen LogP contribution is 2.18. The summed E-state index contributed by atoms with van der Waals surface area (Å²) >= 11 is 0. The first-order valence-corrected chi connectivity index (χ1v) is 7.01. The molecule has 2 rings (SSSR count). The molecule has 2 aromatic rings. The van der Waals surface area contributed by atoms with Crippen molar-refractivity contribution in [2.24, 2.45) is 0 Å². The maximum absolute atomic E-state index is 11.9. The highest BCUT2D eigenvalue weighted by atomic mass is 16.5. The summed E-state index contributed by atoms with van der Waals surface area (Å²) in [5.41, 5.74) is 8.04. The van der Waals surface area contributed by atoms with Crippen LogP contribution in [0.4, 0.5) is 5.69 Å². The molecule has 0 atom stereocenters. The van der Waals surface area contributed by atoms with E-state index < -0.39 is 0 Å². The van der Waals surface area contributed by atoms with Crippen LogP contribution in [0.25, 0.3) is 0 Å². The molecule has 1 amide bonds. The second kappa shape index (κ2) is 7.36. The third kappa shape index (κ3) is 4.15. The zero-order valence-electron chi connectivity index (χ0n) is 12.8. The van der Waals surface area contributed by atoms with Gasteiger partial charge >= 0.3 is 0 Å². The van der Waals surface area contributed by atoms with Gasteiger partial charge in [0.1, 0.15) is 18.1 Å². The molecule has 0 aliphatic heterocycles. The maximum atomic E-state index is 11.9. The minimum Gasteiger partial charge on any atom is -0.497 e. The van der Waals surface area contributed by atoms with Crippen molar-refractivity contribution >= 4 is 11.6 Å². The third-order valence-corrected chi connectivity index (χ3v) is 3.25. The van der Waals surface area contributed by atoms with Crippen molar-refractivity contribution in [3.63, 3.8) is 0 Å². The van der Waals surface area contributed by atoms with Crippen molar-refractivity contribution in [2.75, 3.05) is 26.0 Å². The molecule has 0 saturated carbocycles. The van der Waals surface area contributed by atoms with Gasteiger partial charge in [-0.05, 0) is 55.0 Å². The Morgan fingerprint density at radius 1 is 1.14 bits per heavy atom. The third-order valence-electron chi connectivity index (χ3n) is 3.25. The molecule has 0 bridgehead atoms. The lowest BCUT2D eigenvalue weighted by atomic mass is 10.2. The molecule has 3 N–H and O–H groups in total. The van der Waals surface area contributed by atoms with Crippen LogP contribution in [0.3, 0.4) is 0 Å². The number of ether oxygens (including phenoxy) is 2. The molecule has 0 heterocycles. The number of rotatable bonds is 6. The second-order valence-electron chi connectivity index (χ2n) is 4.85. The zero-order chi connectivity index (χ0) is 15.9. The van der Waals surface area contributed by atoms with Gasteiger partial charge in [0.05, 0.1) is 13.7 Å². The molecule has 22 heavy (non-hydrogen) atoms. The number of methoxy groups -OCH3 is 1. The summed E-state index contributed by atoms with van der Waals surface area (Å²) in [6.07, 6.45) is 0. The van der Waals surface area contributed by atoms with Crippen molar-refractivity contribution in [2.45, 2.75) is 6.92 Å². The number of hydrogen-bond acceptors (Lipinski definition) is 4. The molecule has 0 saturated heterocycles. The number of carbonyl (C=O) groups is 1. The molecule has 0 aliphatic rings. The smallest absolute Gasteiger partial charge is 0.251 e. The molecule has 0 aliphatic carbocycles. The molecule has 0 unspecified atom stereocenters. The first-order valence-electron chi connectivity index (χ1n) is 7.01. The topological polar surface area (TPSA) is 73.6 Å². The van der Waals surface area contributed by atoms with E-state index in [9.17, 15) is 4.79 Å². The minimum atomic E-state index is -0.139. The van der Waals surface area contributed by atoms with Crippen LogP contribution in [-0.2, 0) is 0 Å². The van der Waals surface area contributed by atoms with Crippen LogP contribution >= 0.6 is 0 Å². The number of anilines is 1. The van der Waals surface area contributed by atoms with Crippen molar-refractivity contribution < 1.29 is 14.3 Å².